The van der Waals surface area contributed by atoms with Crippen molar-refractivity contribution >= 4 is 23.9 Å². The van der Waals surface area contributed by atoms with Gasteiger partial charge in [0.15, 0.2) is 12.4 Å². The van der Waals surface area contributed by atoms with Crippen LogP contribution >= 0.6 is 0 Å². The Morgan fingerprint density at radius 2 is 1.17 bits per heavy atom. The van der Waals surface area contributed by atoms with Crippen molar-refractivity contribution in [1.29, 1.82) is 0 Å². The Morgan fingerprint density at radius 3 is 1.34 bits per heavy atom. The molecule has 0 aliphatic heterocycles. The molecular weight excluding hydrogens is 571 g/mol. The van der Waals surface area contributed by atoms with Crippen molar-refractivity contribution in [3.8, 4) is 0 Å². The van der Waals surface area contributed by atoms with E-state index in [1.54, 1.807) is 0 Å². The fourth-order valence-electron chi connectivity index (χ4n) is 1.34. The molecular formula is C17H28N2O9Pt. The van der Waals surface area contributed by atoms with Crippen LogP contribution in [0.25, 0.3) is 11.5 Å². The predicted octanol–water partition coefficient (Wildman–Crippen LogP) is 2.82. The van der Waals surface area contributed by atoms with Crippen LogP contribution in [-0.2, 0) is 45.0 Å². The number of carbonyl (C=O) groups is 4. The number of carboxylic acid groups (broad SMARTS) is 3. The Balaban J connectivity index is -0.000000149. The van der Waals surface area contributed by atoms with E-state index >= 15 is 0 Å². The molecule has 0 spiro atoms. The van der Waals surface area contributed by atoms with E-state index in [0.717, 1.165) is 32.6 Å². The van der Waals surface area contributed by atoms with Gasteiger partial charge < -0.3 is 36.6 Å². The van der Waals surface area contributed by atoms with Crippen LogP contribution < -0.4 is 0 Å². The third-order valence-corrected chi connectivity index (χ3v) is 2.65. The number of carbonyl (C=O) groups excluding carboxylic acids is 1. The van der Waals surface area contributed by atoms with Crippen LogP contribution in [0, 0.1) is 0 Å². The molecule has 0 heterocycles. The summed E-state index contributed by atoms with van der Waals surface area (Å²) < 4.78 is 4.23. The van der Waals surface area contributed by atoms with Gasteiger partial charge in [0.25, 0.3) is 5.97 Å². The summed E-state index contributed by atoms with van der Waals surface area (Å²) in [6.45, 7) is 7.90. The molecule has 0 bridgehead atoms. The molecule has 0 atom stereocenters. The van der Waals surface area contributed by atoms with E-state index in [9.17, 15) is 14.4 Å². The first-order valence-corrected chi connectivity index (χ1v) is 7.97. The van der Waals surface area contributed by atoms with E-state index in [0.29, 0.717) is 0 Å². The predicted molar refractivity (Wildman–Crippen MR) is 101 cm³/mol. The molecule has 6 N–H and O–H groups in total. The summed E-state index contributed by atoms with van der Waals surface area (Å²) in [6.07, 6.45) is 3.81. The minimum absolute atomic E-state index is 0. The number of esters is 1. The van der Waals surface area contributed by atoms with Crippen molar-refractivity contribution < 1.29 is 65.4 Å². The summed E-state index contributed by atoms with van der Waals surface area (Å²) >= 11 is 0. The SMILES string of the molecule is C=C(C)C(=O)OCC(=O)O.C=C(O)C(=O)O.CC(=O)O.[NH-]C1CCC([NH-])CC1.[Pt+2]. The zero-order valence-corrected chi connectivity index (χ0v) is 18.5. The zero-order chi connectivity index (χ0) is 22.9. The van der Waals surface area contributed by atoms with E-state index in [1.807, 2.05) is 0 Å². The van der Waals surface area contributed by atoms with Crippen molar-refractivity contribution in [2.24, 2.45) is 0 Å². The van der Waals surface area contributed by atoms with Gasteiger partial charge >= 0.3 is 39.0 Å². The Bertz CT molecular complexity index is 519. The van der Waals surface area contributed by atoms with Gasteiger partial charge in [0.2, 0.25) is 0 Å². The molecule has 0 aromatic heterocycles. The summed E-state index contributed by atoms with van der Waals surface area (Å²) in [4.78, 5) is 38.6. The summed E-state index contributed by atoms with van der Waals surface area (Å²) in [6, 6.07) is 0.299. The molecule has 0 aromatic carbocycles. The zero-order valence-electron chi connectivity index (χ0n) is 16.3. The Hall–Kier alpha value is -2.23. The third kappa shape index (κ3) is 33.8. The van der Waals surface area contributed by atoms with Crippen LogP contribution in [0.1, 0.15) is 39.5 Å². The largest absolute Gasteiger partial charge is 2.00 e. The average Bonchev–Trinajstić information content (AvgIpc) is 2.55. The van der Waals surface area contributed by atoms with Gasteiger partial charge in [-0.05, 0) is 13.5 Å². The van der Waals surface area contributed by atoms with Gasteiger partial charge in [0.05, 0.1) is 0 Å². The first-order chi connectivity index (χ1) is 12.7. The van der Waals surface area contributed by atoms with Crippen LogP contribution in [0.3, 0.4) is 0 Å². The number of hydrogen-bond acceptors (Lipinski definition) is 6. The number of hydrogen-bond donors (Lipinski definition) is 4. The van der Waals surface area contributed by atoms with Crippen LogP contribution in [0.5, 0.6) is 0 Å². The van der Waals surface area contributed by atoms with Crippen molar-refractivity contribution in [2.45, 2.75) is 51.6 Å². The number of rotatable bonds is 4. The van der Waals surface area contributed by atoms with E-state index in [1.165, 1.54) is 6.92 Å². The molecule has 0 aromatic rings. The minimum atomic E-state index is -1.38. The van der Waals surface area contributed by atoms with Gasteiger partial charge in [-0.25, -0.2) is 14.4 Å². The van der Waals surface area contributed by atoms with Gasteiger partial charge in [0.1, 0.15) is 0 Å². The maximum Gasteiger partial charge on any atom is 2.00 e. The van der Waals surface area contributed by atoms with E-state index in [-0.39, 0.29) is 38.7 Å². The summed E-state index contributed by atoms with van der Waals surface area (Å²) in [5.41, 5.74) is 14.8. The van der Waals surface area contributed by atoms with Crippen molar-refractivity contribution in [3.63, 3.8) is 0 Å². The van der Waals surface area contributed by atoms with Crippen LogP contribution in [0.4, 0.5) is 0 Å². The Kier molecular flexibility index (Phi) is 24.2. The van der Waals surface area contributed by atoms with Crippen LogP contribution in [-0.4, -0.2) is 63.0 Å². The number of carboxylic acids is 3. The molecule has 1 aliphatic carbocycles. The van der Waals surface area contributed by atoms with E-state index in [4.69, 9.17) is 36.7 Å². The van der Waals surface area contributed by atoms with Crippen molar-refractivity contribution in [3.05, 3.63) is 36.0 Å². The number of aliphatic hydroxyl groups excluding tert-OH is 1. The van der Waals surface area contributed by atoms with Gasteiger partial charge in [0, 0.05) is 12.5 Å². The maximum atomic E-state index is 10.5. The van der Waals surface area contributed by atoms with E-state index in [2.05, 4.69) is 17.9 Å². The smallest absolute Gasteiger partial charge is 0.675 e. The van der Waals surface area contributed by atoms with Crippen LogP contribution in [0.2, 0.25) is 0 Å². The molecule has 11 nitrogen and oxygen atoms in total. The normalized spacial score (nSPS) is 16.3. The number of nitrogens with one attached hydrogen (secondary N) is 2. The molecule has 0 radical (unpaired) electrons. The monoisotopic (exact) mass is 599 g/mol. The quantitative estimate of drug-likeness (QED) is 0.213. The Morgan fingerprint density at radius 1 is 0.897 bits per heavy atom. The molecule has 0 amide bonds. The molecule has 12 heteroatoms. The van der Waals surface area contributed by atoms with Crippen LogP contribution in [0.15, 0.2) is 24.5 Å². The molecule has 1 rings (SSSR count). The Labute approximate surface area is 183 Å². The second kappa shape index (κ2) is 20.5. The molecule has 29 heavy (non-hydrogen) atoms. The minimum Gasteiger partial charge on any atom is -0.675 e. The van der Waals surface area contributed by atoms with Gasteiger partial charge in [-0.15, -0.1) is 12.1 Å². The molecule has 170 valence electrons. The van der Waals surface area contributed by atoms with Crippen molar-refractivity contribution in [1.82, 2.24) is 0 Å². The average molecular weight is 599 g/mol. The first kappa shape index (κ1) is 34.3. The van der Waals surface area contributed by atoms with E-state index < -0.39 is 36.2 Å². The molecule has 0 unspecified atom stereocenters. The number of aliphatic carboxylic acids is 3. The number of aliphatic hydroxyl groups is 1. The summed E-state index contributed by atoms with van der Waals surface area (Å²) in [7, 11) is 0. The molecule has 1 aliphatic rings. The van der Waals surface area contributed by atoms with Gasteiger partial charge in [-0.1, -0.05) is 32.3 Å². The van der Waals surface area contributed by atoms with Gasteiger partial charge in [-0.2, -0.15) is 0 Å². The summed E-state index contributed by atoms with van der Waals surface area (Å²) in [5.74, 6) is -4.89. The number of ether oxygens (including phenoxy) is 1. The molecule has 0 saturated heterocycles. The second-order valence-corrected chi connectivity index (χ2v) is 5.57. The standard InChI is InChI=1S/C6H12N2.C6H8O4.C3H4O3.C2H4O2.Pt/c7-5-1-2-6(8)4-3-5;1-4(2)6(9)10-3-5(7)8;1-2(4)3(5)6;1-2(3)4;/h5-8H,1-4H2;1,3H2,2H3,(H,7,8);4H,1H2,(H,5,6);1H3,(H,3,4);/q-2;;;;+2. The third-order valence-electron chi connectivity index (χ3n) is 2.65. The molecule has 1 fully saturated rings. The van der Waals surface area contributed by atoms with Gasteiger partial charge in [-0.3, -0.25) is 4.79 Å². The fraction of sp³-hybridized carbons (Fsp3) is 0.529. The topological polar surface area (TPSA) is 206 Å². The second-order valence-electron chi connectivity index (χ2n) is 5.57. The molecule has 1 saturated carbocycles. The van der Waals surface area contributed by atoms with Crippen molar-refractivity contribution in [2.75, 3.05) is 6.61 Å². The fourth-order valence-corrected chi connectivity index (χ4v) is 1.34. The maximum absolute atomic E-state index is 10.5. The summed E-state index contributed by atoms with van der Waals surface area (Å²) in [5, 5.41) is 30.9. The first-order valence-electron chi connectivity index (χ1n) is 7.97.